The average molecular weight is 309 g/mol. The first-order valence-electron chi connectivity index (χ1n) is 7.64. The lowest BCUT2D eigenvalue weighted by Gasteiger charge is -2.32. The van der Waals surface area contributed by atoms with Crippen LogP contribution in [-0.4, -0.2) is 67.0 Å². The molecule has 0 unspecified atom stereocenters. The number of hydrogen-bond donors (Lipinski definition) is 1. The Balaban J connectivity index is 1.73. The van der Waals surface area contributed by atoms with E-state index in [0.717, 1.165) is 57.2 Å². The molecule has 3 rings (SSSR count). The summed E-state index contributed by atoms with van der Waals surface area (Å²) in [7, 11) is 2.12. The molecule has 2 saturated heterocycles. The molecular weight excluding hydrogens is 286 g/mol. The number of nitrogens with two attached hydrogens (primary N) is 1. The van der Waals surface area contributed by atoms with Gasteiger partial charge in [0.25, 0.3) is 5.91 Å². The van der Waals surface area contributed by atoms with Crippen LogP contribution >= 0.6 is 11.3 Å². The number of carbonyl (C=O) groups excluding carboxylic acids is 1. The number of aromatic nitrogens is 1. The lowest BCUT2D eigenvalue weighted by atomic mass is 10.1. The predicted octanol–water partition coefficient (Wildman–Crippen LogP) is 1.10. The topological polar surface area (TPSA) is 65.7 Å². The van der Waals surface area contributed by atoms with Crippen molar-refractivity contribution in [1.29, 1.82) is 0 Å². The molecule has 7 heteroatoms. The van der Waals surface area contributed by atoms with Gasteiger partial charge in [0.1, 0.15) is 10.7 Å². The summed E-state index contributed by atoms with van der Waals surface area (Å²) in [6.07, 6.45) is 3.40. The van der Waals surface area contributed by atoms with E-state index in [1.54, 1.807) is 0 Å². The summed E-state index contributed by atoms with van der Waals surface area (Å²) in [5, 5.41) is 0.890. The second kappa shape index (κ2) is 6.19. The second-order valence-electron chi connectivity index (χ2n) is 5.85. The van der Waals surface area contributed by atoms with Gasteiger partial charge in [-0.15, -0.1) is 0 Å². The Morgan fingerprint density at radius 1 is 1.10 bits per heavy atom. The van der Waals surface area contributed by atoms with Gasteiger partial charge in [-0.2, -0.15) is 0 Å². The summed E-state index contributed by atoms with van der Waals surface area (Å²) in [5.74, 6) is 0.453. The van der Waals surface area contributed by atoms with Crippen LogP contribution in [-0.2, 0) is 0 Å². The van der Waals surface area contributed by atoms with Gasteiger partial charge < -0.3 is 20.4 Å². The largest absolute Gasteiger partial charge is 0.382 e. The average Bonchev–Trinajstić information content (AvgIpc) is 2.90. The highest BCUT2D eigenvalue weighted by atomic mass is 32.1. The summed E-state index contributed by atoms with van der Waals surface area (Å²) in [5.41, 5.74) is 6.00. The van der Waals surface area contributed by atoms with Crippen LogP contribution in [0.2, 0.25) is 0 Å². The zero-order valence-electron chi connectivity index (χ0n) is 12.5. The quantitative estimate of drug-likeness (QED) is 0.886. The number of likely N-dealkylation sites (tertiary alicyclic amines) is 1. The smallest absolute Gasteiger partial charge is 0.267 e. The van der Waals surface area contributed by atoms with E-state index in [1.165, 1.54) is 17.8 Å². The molecule has 6 nitrogen and oxygen atoms in total. The van der Waals surface area contributed by atoms with E-state index >= 15 is 0 Å². The van der Waals surface area contributed by atoms with Crippen LogP contribution in [0.5, 0.6) is 0 Å². The zero-order chi connectivity index (χ0) is 14.8. The van der Waals surface area contributed by atoms with Gasteiger partial charge in [-0.25, -0.2) is 4.98 Å². The Bertz CT molecular complexity index is 503. The maximum absolute atomic E-state index is 12.6. The van der Waals surface area contributed by atoms with Crippen molar-refractivity contribution < 1.29 is 4.79 Å². The van der Waals surface area contributed by atoms with Gasteiger partial charge in [0.05, 0.1) is 0 Å². The molecule has 116 valence electrons. The van der Waals surface area contributed by atoms with Crippen LogP contribution in [0, 0.1) is 0 Å². The number of thiazole rings is 1. The Morgan fingerprint density at radius 2 is 1.76 bits per heavy atom. The molecule has 0 aromatic carbocycles. The fraction of sp³-hybridized carbons (Fsp3) is 0.714. The molecule has 0 atom stereocenters. The Labute approximate surface area is 129 Å². The molecule has 2 aliphatic rings. The standard InChI is InChI=1S/C14H23N5OS/c1-17-7-9-19(10-8-17)14-16-12(15)11(21-14)13(20)18-5-3-2-4-6-18/h2-10,15H2,1H3. The summed E-state index contributed by atoms with van der Waals surface area (Å²) in [6, 6.07) is 0. The van der Waals surface area contributed by atoms with Crippen molar-refractivity contribution in [2.45, 2.75) is 19.3 Å². The molecule has 3 heterocycles. The molecule has 0 radical (unpaired) electrons. The normalized spacial score (nSPS) is 20.8. The zero-order valence-corrected chi connectivity index (χ0v) is 13.4. The monoisotopic (exact) mass is 309 g/mol. The van der Waals surface area contributed by atoms with Gasteiger partial charge in [0.2, 0.25) is 0 Å². The number of carbonyl (C=O) groups is 1. The number of likely N-dealkylation sites (N-methyl/N-ethyl adjacent to an activating group) is 1. The van der Waals surface area contributed by atoms with E-state index in [1.807, 2.05) is 4.90 Å². The molecule has 0 spiro atoms. The summed E-state index contributed by atoms with van der Waals surface area (Å²) < 4.78 is 0. The van der Waals surface area contributed by atoms with Crippen LogP contribution in [0.15, 0.2) is 0 Å². The van der Waals surface area contributed by atoms with E-state index in [2.05, 4.69) is 21.8 Å². The molecule has 2 N–H and O–H groups in total. The summed E-state index contributed by atoms with van der Waals surface area (Å²) in [6.45, 7) is 5.63. The van der Waals surface area contributed by atoms with Gasteiger partial charge in [-0.1, -0.05) is 11.3 Å². The SMILES string of the molecule is CN1CCN(c2nc(N)c(C(=O)N3CCCCC3)s2)CC1. The molecule has 21 heavy (non-hydrogen) atoms. The minimum atomic E-state index is 0.0603. The number of piperazine rings is 1. The van der Waals surface area contributed by atoms with Crippen molar-refractivity contribution in [1.82, 2.24) is 14.8 Å². The third-order valence-corrected chi connectivity index (χ3v) is 5.37. The molecule has 2 aliphatic heterocycles. The molecule has 1 aromatic rings. The van der Waals surface area contributed by atoms with E-state index < -0.39 is 0 Å². The molecule has 2 fully saturated rings. The van der Waals surface area contributed by atoms with Crippen molar-refractivity contribution in [2.24, 2.45) is 0 Å². The fourth-order valence-electron chi connectivity index (χ4n) is 2.85. The third-order valence-electron chi connectivity index (χ3n) is 4.25. The minimum Gasteiger partial charge on any atom is -0.382 e. The van der Waals surface area contributed by atoms with Gasteiger partial charge in [-0.05, 0) is 26.3 Å². The number of anilines is 2. The lowest BCUT2D eigenvalue weighted by molar-refractivity contribution is 0.0730. The molecule has 0 aliphatic carbocycles. The van der Waals surface area contributed by atoms with Crippen LogP contribution in [0.3, 0.4) is 0 Å². The predicted molar refractivity (Wildman–Crippen MR) is 86.0 cm³/mol. The Morgan fingerprint density at radius 3 is 2.43 bits per heavy atom. The van der Waals surface area contributed by atoms with E-state index in [4.69, 9.17) is 5.73 Å². The van der Waals surface area contributed by atoms with Crippen molar-refractivity contribution in [2.75, 3.05) is 56.9 Å². The van der Waals surface area contributed by atoms with Crippen LogP contribution in [0.4, 0.5) is 10.9 Å². The number of nitrogens with zero attached hydrogens (tertiary/aromatic N) is 4. The molecule has 0 bridgehead atoms. The first-order chi connectivity index (χ1) is 10.1. The van der Waals surface area contributed by atoms with E-state index in [9.17, 15) is 4.79 Å². The highest BCUT2D eigenvalue weighted by Crippen LogP contribution is 2.30. The van der Waals surface area contributed by atoms with Gasteiger partial charge in [0, 0.05) is 39.3 Å². The molecule has 1 aromatic heterocycles. The van der Waals surface area contributed by atoms with Gasteiger partial charge >= 0.3 is 0 Å². The first-order valence-corrected chi connectivity index (χ1v) is 8.46. The second-order valence-corrected chi connectivity index (χ2v) is 6.83. The van der Waals surface area contributed by atoms with Crippen LogP contribution in [0.25, 0.3) is 0 Å². The number of piperidine rings is 1. The van der Waals surface area contributed by atoms with Gasteiger partial charge in [-0.3, -0.25) is 4.79 Å². The number of amides is 1. The molecule has 1 amide bonds. The molecular formula is C14H23N5OS. The number of nitrogen functional groups attached to an aromatic ring is 1. The van der Waals surface area contributed by atoms with Crippen molar-refractivity contribution in [3.05, 3.63) is 4.88 Å². The fourth-order valence-corrected chi connectivity index (χ4v) is 3.85. The maximum Gasteiger partial charge on any atom is 0.267 e. The third kappa shape index (κ3) is 3.13. The molecule has 0 saturated carbocycles. The van der Waals surface area contributed by atoms with E-state index in [-0.39, 0.29) is 5.91 Å². The summed E-state index contributed by atoms with van der Waals surface area (Å²) in [4.78, 5) is 24.1. The maximum atomic E-state index is 12.6. The lowest BCUT2D eigenvalue weighted by Crippen LogP contribution is -2.44. The van der Waals surface area contributed by atoms with Crippen molar-refractivity contribution >= 4 is 28.2 Å². The summed E-state index contributed by atoms with van der Waals surface area (Å²) >= 11 is 1.45. The minimum absolute atomic E-state index is 0.0603. The number of rotatable bonds is 2. The highest BCUT2D eigenvalue weighted by Gasteiger charge is 2.25. The highest BCUT2D eigenvalue weighted by molar-refractivity contribution is 7.18. The van der Waals surface area contributed by atoms with Crippen molar-refractivity contribution in [3.8, 4) is 0 Å². The van der Waals surface area contributed by atoms with Crippen LogP contribution < -0.4 is 10.6 Å². The van der Waals surface area contributed by atoms with Gasteiger partial charge in [0.15, 0.2) is 5.13 Å². The van der Waals surface area contributed by atoms with E-state index in [0.29, 0.717) is 10.7 Å². The number of hydrogen-bond acceptors (Lipinski definition) is 6. The Kier molecular flexibility index (Phi) is 4.30. The van der Waals surface area contributed by atoms with Crippen LogP contribution in [0.1, 0.15) is 28.9 Å². The first kappa shape index (κ1) is 14.6. The van der Waals surface area contributed by atoms with Crippen molar-refractivity contribution in [3.63, 3.8) is 0 Å². The Hall–Kier alpha value is -1.34.